The van der Waals surface area contributed by atoms with Crippen molar-refractivity contribution < 1.29 is 24.2 Å². The molecule has 2 aromatic carbocycles. The van der Waals surface area contributed by atoms with Crippen molar-refractivity contribution in [1.29, 1.82) is 0 Å². The molecule has 0 unspecified atom stereocenters. The Kier molecular flexibility index (Phi) is 8.38. The number of nitrogens with zero attached hydrogens (tertiary/aromatic N) is 1. The van der Waals surface area contributed by atoms with E-state index in [1.54, 1.807) is 6.08 Å². The Morgan fingerprint density at radius 1 is 1.12 bits per heavy atom. The smallest absolute Gasteiger partial charge is 0.305 e. The maximum absolute atomic E-state index is 12.7. The topological polar surface area (TPSA) is 76.1 Å². The van der Waals surface area contributed by atoms with Crippen LogP contribution in [0.1, 0.15) is 50.8 Å². The molecule has 2 aromatic rings. The zero-order valence-electron chi connectivity index (χ0n) is 19.8. The second-order valence-corrected chi connectivity index (χ2v) is 10.5. The van der Waals surface area contributed by atoms with Crippen molar-refractivity contribution in [3.8, 4) is 11.5 Å². The van der Waals surface area contributed by atoms with Crippen molar-refractivity contribution in [2.75, 3.05) is 13.2 Å². The van der Waals surface area contributed by atoms with Gasteiger partial charge in [-0.25, -0.2) is 0 Å². The van der Waals surface area contributed by atoms with Crippen LogP contribution in [0.15, 0.2) is 47.4 Å². The van der Waals surface area contributed by atoms with Gasteiger partial charge in [0, 0.05) is 6.54 Å². The summed E-state index contributed by atoms with van der Waals surface area (Å²) >= 11 is 6.42. The molecule has 0 aromatic heterocycles. The average molecular weight is 500 g/mol. The third-order valence-corrected chi connectivity index (χ3v) is 6.58. The summed E-state index contributed by atoms with van der Waals surface area (Å²) in [6.07, 6.45) is 1.58. The van der Waals surface area contributed by atoms with Gasteiger partial charge in [-0.3, -0.25) is 14.5 Å². The molecule has 0 aliphatic carbocycles. The minimum atomic E-state index is -0.972. The molecule has 1 aliphatic rings. The maximum Gasteiger partial charge on any atom is 0.305 e. The second-order valence-electron chi connectivity index (χ2n) is 8.85. The number of thioether (sulfide) groups is 1. The minimum Gasteiger partial charge on any atom is -0.490 e. The van der Waals surface area contributed by atoms with Gasteiger partial charge >= 0.3 is 5.97 Å². The molecule has 1 N–H and O–H groups in total. The van der Waals surface area contributed by atoms with Crippen LogP contribution in [-0.4, -0.2) is 39.4 Å². The fourth-order valence-electron chi connectivity index (χ4n) is 3.32. The van der Waals surface area contributed by atoms with E-state index in [-0.39, 0.29) is 24.3 Å². The van der Waals surface area contributed by atoms with Crippen LogP contribution in [0.2, 0.25) is 0 Å². The number of amides is 1. The summed E-state index contributed by atoms with van der Waals surface area (Å²) in [5, 5.41) is 8.89. The van der Waals surface area contributed by atoms with Crippen LogP contribution in [0.5, 0.6) is 11.5 Å². The molecule has 180 valence electrons. The van der Waals surface area contributed by atoms with E-state index < -0.39 is 5.97 Å². The highest BCUT2D eigenvalue weighted by Gasteiger charge is 2.32. The fourth-order valence-corrected chi connectivity index (χ4v) is 4.62. The van der Waals surface area contributed by atoms with Crippen LogP contribution < -0.4 is 9.47 Å². The predicted octanol–water partition coefficient (Wildman–Crippen LogP) is 5.64. The molecule has 0 radical (unpaired) electrons. The van der Waals surface area contributed by atoms with Crippen molar-refractivity contribution in [3.05, 3.63) is 64.1 Å². The van der Waals surface area contributed by atoms with Gasteiger partial charge in [0.25, 0.3) is 5.91 Å². The van der Waals surface area contributed by atoms with Crippen molar-refractivity contribution in [2.24, 2.45) is 0 Å². The van der Waals surface area contributed by atoms with E-state index in [1.165, 1.54) is 22.2 Å². The number of benzene rings is 2. The molecular formula is C26H29NO5S2. The molecule has 6 nitrogen and oxygen atoms in total. The Balaban J connectivity index is 1.73. The summed E-state index contributed by atoms with van der Waals surface area (Å²) < 4.78 is 12.2. The summed E-state index contributed by atoms with van der Waals surface area (Å²) in [4.78, 5) is 25.3. The SMILES string of the molecule is CCOc1cc(/C=C2/SC(=S)N(CCC(=O)O)C2=O)ccc1OCc1ccc(C(C)(C)C)cc1. The third kappa shape index (κ3) is 6.61. The first kappa shape index (κ1) is 25.8. The van der Waals surface area contributed by atoms with Crippen molar-refractivity contribution >= 4 is 46.3 Å². The van der Waals surface area contributed by atoms with Gasteiger partial charge in [-0.15, -0.1) is 0 Å². The number of ether oxygens (including phenoxy) is 2. The van der Waals surface area contributed by atoms with Crippen LogP contribution in [0.3, 0.4) is 0 Å². The second kappa shape index (κ2) is 11.1. The van der Waals surface area contributed by atoms with Crippen molar-refractivity contribution in [1.82, 2.24) is 4.90 Å². The van der Waals surface area contributed by atoms with E-state index in [1.807, 2.05) is 25.1 Å². The lowest BCUT2D eigenvalue weighted by molar-refractivity contribution is -0.137. The van der Waals surface area contributed by atoms with Gasteiger partial charge in [0.15, 0.2) is 11.5 Å². The Labute approximate surface area is 209 Å². The number of rotatable bonds is 9. The van der Waals surface area contributed by atoms with Gasteiger partial charge in [0.1, 0.15) is 10.9 Å². The van der Waals surface area contributed by atoms with E-state index in [2.05, 4.69) is 45.0 Å². The lowest BCUT2D eigenvalue weighted by Gasteiger charge is -2.19. The fraction of sp³-hybridized carbons (Fsp3) is 0.346. The van der Waals surface area contributed by atoms with Crippen LogP contribution >= 0.6 is 24.0 Å². The summed E-state index contributed by atoms with van der Waals surface area (Å²) in [5.74, 6) is -0.0508. The number of hydrogen-bond donors (Lipinski definition) is 1. The van der Waals surface area contributed by atoms with Crippen LogP contribution in [0, 0.1) is 0 Å². The molecule has 0 saturated carbocycles. The molecule has 1 amide bonds. The summed E-state index contributed by atoms with van der Waals surface area (Å²) in [5.41, 5.74) is 3.19. The Hall–Kier alpha value is -2.84. The van der Waals surface area contributed by atoms with E-state index in [9.17, 15) is 9.59 Å². The molecule has 1 saturated heterocycles. The van der Waals surface area contributed by atoms with Gasteiger partial charge in [0.2, 0.25) is 0 Å². The molecule has 1 heterocycles. The predicted molar refractivity (Wildman–Crippen MR) is 139 cm³/mol. The standard InChI is InChI=1S/C26H29NO5S2/c1-5-31-21-14-18(15-22-24(30)27(25(33)34-22)13-12-23(28)29)8-11-20(21)32-16-17-6-9-19(10-7-17)26(2,3)4/h6-11,14-15H,5,12-13,16H2,1-4H3,(H,28,29)/b22-15+. The number of carbonyl (C=O) groups excluding carboxylic acids is 1. The molecule has 8 heteroatoms. The molecule has 0 spiro atoms. The highest BCUT2D eigenvalue weighted by atomic mass is 32.2. The van der Waals surface area contributed by atoms with Crippen molar-refractivity contribution in [2.45, 2.75) is 46.1 Å². The van der Waals surface area contributed by atoms with Gasteiger partial charge in [0.05, 0.1) is 17.9 Å². The van der Waals surface area contributed by atoms with Crippen LogP contribution in [0.25, 0.3) is 6.08 Å². The number of carboxylic acids is 1. The van der Waals surface area contributed by atoms with Gasteiger partial charge < -0.3 is 14.6 Å². The number of hydrogen-bond acceptors (Lipinski definition) is 6. The number of thiocarbonyl (C=S) groups is 1. The molecule has 1 fully saturated rings. The van der Waals surface area contributed by atoms with Crippen molar-refractivity contribution in [3.63, 3.8) is 0 Å². The minimum absolute atomic E-state index is 0.0606. The Morgan fingerprint density at radius 3 is 2.44 bits per heavy atom. The zero-order chi connectivity index (χ0) is 24.9. The normalized spacial score (nSPS) is 15.2. The first-order chi connectivity index (χ1) is 16.1. The van der Waals surface area contributed by atoms with Crippen LogP contribution in [-0.2, 0) is 21.6 Å². The third-order valence-electron chi connectivity index (χ3n) is 5.20. The lowest BCUT2D eigenvalue weighted by Crippen LogP contribution is -2.30. The molecule has 34 heavy (non-hydrogen) atoms. The number of carbonyl (C=O) groups is 2. The first-order valence-electron chi connectivity index (χ1n) is 11.0. The number of aliphatic carboxylic acids is 1. The maximum atomic E-state index is 12.7. The summed E-state index contributed by atoms with van der Waals surface area (Å²) in [7, 11) is 0. The first-order valence-corrected chi connectivity index (χ1v) is 12.3. The van der Waals surface area contributed by atoms with E-state index in [4.69, 9.17) is 26.8 Å². The highest BCUT2D eigenvalue weighted by Crippen LogP contribution is 2.35. The van der Waals surface area contributed by atoms with E-state index in [0.29, 0.717) is 33.9 Å². The zero-order valence-corrected chi connectivity index (χ0v) is 21.4. The molecule has 0 bridgehead atoms. The van der Waals surface area contributed by atoms with Gasteiger partial charge in [-0.1, -0.05) is 75.1 Å². The van der Waals surface area contributed by atoms with Crippen LogP contribution in [0.4, 0.5) is 0 Å². The Morgan fingerprint density at radius 2 is 1.82 bits per heavy atom. The van der Waals surface area contributed by atoms with Gasteiger partial charge in [-0.05, 0) is 47.2 Å². The Bertz CT molecular complexity index is 1100. The summed E-state index contributed by atoms with van der Waals surface area (Å²) in [6, 6.07) is 13.9. The largest absolute Gasteiger partial charge is 0.490 e. The monoisotopic (exact) mass is 499 g/mol. The molecular weight excluding hydrogens is 470 g/mol. The molecule has 3 rings (SSSR count). The van der Waals surface area contributed by atoms with Gasteiger partial charge in [-0.2, -0.15) is 0 Å². The summed E-state index contributed by atoms with van der Waals surface area (Å²) in [6.45, 7) is 9.39. The van der Waals surface area contributed by atoms with E-state index in [0.717, 1.165) is 11.1 Å². The molecule has 1 aliphatic heterocycles. The number of carboxylic acid groups (broad SMARTS) is 1. The highest BCUT2D eigenvalue weighted by molar-refractivity contribution is 8.26. The quantitative estimate of drug-likeness (QED) is 0.354. The molecule has 0 atom stereocenters. The average Bonchev–Trinajstić information content (AvgIpc) is 3.04. The van der Waals surface area contributed by atoms with E-state index >= 15 is 0 Å². The lowest BCUT2D eigenvalue weighted by atomic mass is 9.87.